The van der Waals surface area contributed by atoms with Gasteiger partial charge in [-0.1, -0.05) is 12.1 Å². The van der Waals surface area contributed by atoms with Crippen molar-refractivity contribution in [3.8, 4) is 17.2 Å². The van der Waals surface area contributed by atoms with E-state index in [2.05, 4.69) is 10.1 Å². The van der Waals surface area contributed by atoms with Gasteiger partial charge in [-0.05, 0) is 48.0 Å². The molecule has 0 spiro atoms. The van der Waals surface area contributed by atoms with E-state index in [0.717, 1.165) is 5.75 Å². The minimum Gasteiger partial charge on any atom is -0.497 e. The van der Waals surface area contributed by atoms with E-state index in [1.165, 1.54) is 18.2 Å². The summed E-state index contributed by atoms with van der Waals surface area (Å²) >= 11 is 0. The first-order valence-electron chi connectivity index (χ1n) is 7.84. The van der Waals surface area contributed by atoms with Gasteiger partial charge in [-0.15, -0.1) is 0 Å². The lowest BCUT2D eigenvalue weighted by Crippen LogP contribution is -2.26. The van der Waals surface area contributed by atoms with Crippen LogP contribution in [0.25, 0.3) is 6.08 Å². The van der Waals surface area contributed by atoms with Gasteiger partial charge in [-0.2, -0.15) is 8.78 Å². The van der Waals surface area contributed by atoms with Crippen LogP contribution in [0.15, 0.2) is 54.6 Å². The smallest absolute Gasteiger partial charge is 0.387 e. The number of amides is 1. The van der Waals surface area contributed by atoms with Crippen LogP contribution < -0.4 is 19.5 Å². The standard InChI is InChI=1S/C19H19F2NO4/c1-24-15-7-9-16(10-8-15)25-13-12-22-18(23)11-4-14-2-5-17(6-3-14)26-19(20)21/h2-11,19H,12-13H2,1H3,(H,22,23)/b11-4+. The van der Waals surface area contributed by atoms with Gasteiger partial charge in [0.05, 0.1) is 13.7 Å². The first-order valence-corrected chi connectivity index (χ1v) is 7.84. The molecule has 1 N–H and O–H groups in total. The molecule has 26 heavy (non-hydrogen) atoms. The lowest BCUT2D eigenvalue weighted by molar-refractivity contribution is -0.116. The lowest BCUT2D eigenvalue weighted by Gasteiger charge is -2.07. The Bertz CT molecular complexity index is 715. The minimum absolute atomic E-state index is 0.0669. The van der Waals surface area contributed by atoms with Crippen LogP contribution in [0.3, 0.4) is 0 Å². The van der Waals surface area contributed by atoms with Crippen LogP contribution in [0, 0.1) is 0 Å². The van der Waals surface area contributed by atoms with E-state index < -0.39 is 6.61 Å². The van der Waals surface area contributed by atoms with E-state index in [0.29, 0.717) is 24.5 Å². The van der Waals surface area contributed by atoms with Crippen molar-refractivity contribution in [3.63, 3.8) is 0 Å². The number of ether oxygens (including phenoxy) is 3. The summed E-state index contributed by atoms with van der Waals surface area (Å²) in [6.07, 6.45) is 2.93. The first-order chi connectivity index (χ1) is 12.6. The normalized spacial score (nSPS) is 10.8. The maximum Gasteiger partial charge on any atom is 0.387 e. The molecular formula is C19H19F2NO4. The highest BCUT2D eigenvalue weighted by molar-refractivity contribution is 5.91. The number of rotatable bonds is 9. The summed E-state index contributed by atoms with van der Waals surface area (Å²) in [6.45, 7) is -2.19. The van der Waals surface area contributed by atoms with Crippen LogP contribution in [-0.4, -0.2) is 32.8 Å². The second-order valence-corrected chi connectivity index (χ2v) is 5.10. The van der Waals surface area contributed by atoms with Gasteiger partial charge in [0.1, 0.15) is 23.9 Å². The number of methoxy groups -OCH3 is 1. The Morgan fingerprint density at radius 2 is 1.65 bits per heavy atom. The molecule has 0 aliphatic heterocycles. The van der Waals surface area contributed by atoms with E-state index >= 15 is 0 Å². The Balaban J connectivity index is 1.69. The van der Waals surface area contributed by atoms with Gasteiger partial charge in [-0.3, -0.25) is 4.79 Å². The van der Waals surface area contributed by atoms with Gasteiger partial charge in [0.2, 0.25) is 5.91 Å². The monoisotopic (exact) mass is 363 g/mol. The predicted molar refractivity (Wildman–Crippen MR) is 93.6 cm³/mol. The summed E-state index contributed by atoms with van der Waals surface area (Å²) in [4.78, 5) is 11.7. The Morgan fingerprint density at radius 3 is 2.27 bits per heavy atom. The van der Waals surface area contributed by atoms with Crippen molar-refractivity contribution in [2.24, 2.45) is 0 Å². The fourth-order valence-electron chi connectivity index (χ4n) is 2.01. The van der Waals surface area contributed by atoms with Crippen LogP contribution in [0.2, 0.25) is 0 Å². The summed E-state index contributed by atoms with van der Waals surface area (Å²) in [5, 5.41) is 2.68. The maximum absolute atomic E-state index is 12.1. The molecule has 0 bridgehead atoms. The number of carbonyl (C=O) groups excluding carboxylic acids is 1. The second kappa shape index (κ2) is 10.0. The maximum atomic E-state index is 12.1. The van der Waals surface area contributed by atoms with Crippen LogP contribution in [0.5, 0.6) is 17.2 Å². The number of hydrogen-bond acceptors (Lipinski definition) is 4. The third-order valence-corrected chi connectivity index (χ3v) is 3.26. The molecule has 0 saturated heterocycles. The van der Waals surface area contributed by atoms with Crippen molar-refractivity contribution in [1.29, 1.82) is 0 Å². The highest BCUT2D eigenvalue weighted by atomic mass is 19.3. The number of halogens is 2. The molecule has 0 aliphatic rings. The highest BCUT2D eigenvalue weighted by Gasteiger charge is 2.03. The number of alkyl halides is 2. The zero-order valence-corrected chi connectivity index (χ0v) is 14.2. The molecule has 0 aromatic heterocycles. The molecule has 2 aromatic carbocycles. The third-order valence-electron chi connectivity index (χ3n) is 3.26. The van der Waals surface area contributed by atoms with Crippen LogP contribution in [-0.2, 0) is 4.79 Å². The molecule has 0 atom stereocenters. The fraction of sp³-hybridized carbons (Fsp3) is 0.211. The first kappa shape index (κ1) is 19.2. The van der Waals surface area contributed by atoms with Crippen LogP contribution in [0.4, 0.5) is 8.78 Å². The third kappa shape index (κ3) is 6.80. The molecule has 0 radical (unpaired) electrons. The summed E-state index contributed by atoms with van der Waals surface area (Å²) < 4.78 is 38.9. The molecule has 0 fully saturated rings. The van der Waals surface area contributed by atoms with E-state index in [4.69, 9.17) is 9.47 Å². The lowest BCUT2D eigenvalue weighted by atomic mass is 10.2. The SMILES string of the molecule is COc1ccc(OCCNC(=O)/C=C/c2ccc(OC(F)F)cc2)cc1. The van der Waals surface area contributed by atoms with Crippen molar-refractivity contribution < 1.29 is 27.8 Å². The molecule has 0 saturated carbocycles. The quantitative estimate of drug-likeness (QED) is 0.547. The molecule has 138 valence electrons. The Morgan fingerprint density at radius 1 is 1.04 bits per heavy atom. The summed E-state index contributed by atoms with van der Waals surface area (Å²) in [5.74, 6) is 1.21. The Hall–Kier alpha value is -3.09. The van der Waals surface area contributed by atoms with Crippen molar-refractivity contribution in [3.05, 3.63) is 60.2 Å². The van der Waals surface area contributed by atoms with Gasteiger partial charge < -0.3 is 19.5 Å². The van der Waals surface area contributed by atoms with E-state index in [1.807, 2.05) is 0 Å². The molecule has 2 aromatic rings. The molecule has 2 rings (SSSR count). The van der Waals surface area contributed by atoms with E-state index in [-0.39, 0.29) is 11.7 Å². The molecular weight excluding hydrogens is 344 g/mol. The van der Waals surface area contributed by atoms with Crippen molar-refractivity contribution in [2.45, 2.75) is 6.61 Å². The topological polar surface area (TPSA) is 56.8 Å². The van der Waals surface area contributed by atoms with Gasteiger partial charge in [-0.25, -0.2) is 0 Å². The van der Waals surface area contributed by atoms with Crippen LogP contribution >= 0.6 is 0 Å². The zero-order chi connectivity index (χ0) is 18.8. The van der Waals surface area contributed by atoms with E-state index in [1.54, 1.807) is 49.6 Å². The fourth-order valence-corrected chi connectivity index (χ4v) is 2.01. The molecule has 7 heteroatoms. The number of carbonyl (C=O) groups is 1. The minimum atomic E-state index is -2.86. The highest BCUT2D eigenvalue weighted by Crippen LogP contribution is 2.17. The Kier molecular flexibility index (Phi) is 7.42. The summed E-state index contributed by atoms with van der Waals surface area (Å²) in [6, 6.07) is 13.1. The van der Waals surface area contributed by atoms with Crippen molar-refractivity contribution in [1.82, 2.24) is 5.32 Å². The zero-order valence-electron chi connectivity index (χ0n) is 14.2. The van der Waals surface area contributed by atoms with Crippen LogP contribution in [0.1, 0.15) is 5.56 Å². The van der Waals surface area contributed by atoms with Gasteiger partial charge in [0.25, 0.3) is 0 Å². The summed E-state index contributed by atoms with van der Waals surface area (Å²) in [7, 11) is 1.59. The average Bonchev–Trinajstić information content (AvgIpc) is 2.65. The second-order valence-electron chi connectivity index (χ2n) is 5.10. The molecule has 0 aliphatic carbocycles. The number of nitrogens with one attached hydrogen (secondary N) is 1. The number of hydrogen-bond donors (Lipinski definition) is 1. The molecule has 5 nitrogen and oxygen atoms in total. The van der Waals surface area contributed by atoms with E-state index in [9.17, 15) is 13.6 Å². The van der Waals surface area contributed by atoms with Gasteiger partial charge in [0, 0.05) is 6.08 Å². The van der Waals surface area contributed by atoms with Gasteiger partial charge in [0.15, 0.2) is 0 Å². The largest absolute Gasteiger partial charge is 0.497 e. The molecule has 0 unspecified atom stereocenters. The predicted octanol–water partition coefficient (Wildman–Crippen LogP) is 3.51. The summed E-state index contributed by atoms with van der Waals surface area (Å²) in [5.41, 5.74) is 0.691. The van der Waals surface area contributed by atoms with Gasteiger partial charge >= 0.3 is 6.61 Å². The van der Waals surface area contributed by atoms with Crippen molar-refractivity contribution >= 4 is 12.0 Å². The number of benzene rings is 2. The molecule has 0 heterocycles. The van der Waals surface area contributed by atoms with Crippen molar-refractivity contribution in [2.75, 3.05) is 20.3 Å². The average molecular weight is 363 g/mol. The Labute approximate surface area is 150 Å². The molecule has 1 amide bonds.